The third-order valence-corrected chi connectivity index (χ3v) is 5.90. The molecular weight excluding hydrogens is 354 g/mol. The number of halogens is 1. The molecule has 7 heteroatoms. The molecule has 2 atom stereocenters. The Morgan fingerprint density at radius 1 is 1.19 bits per heavy atom. The highest BCUT2D eigenvalue weighted by Gasteiger charge is 2.36. The van der Waals surface area contributed by atoms with Crippen LogP contribution in [0.2, 0.25) is 5.02 Å². The van der Waals surface area contributed by atoms with E-state index in [1.165, 1.54) is 0 Å². The molecule has 4 rings (SSSR count). The van der Waals surface area contributed by atoms with E-state index in [0.717, 1.165) is 37.8 Å². The second kappa shape index (κ2) is 7.45. The van der Waals surface area contributed by atoms with Crippen molar-refractivity contribution in [3.05, 3.63) is 23.2 Å². The monoisotopic (exact) mass is 377 g/mol. The lowest BCUT2D eigenvalue weighted by Crippen LogP contribution is -2.56. The van der Waals surface area contributed by atoms with Gasteiger partial charge >= 0.3 is 6.03 Å². The van der Waals surface area contributed by atoms with Crippen LogP contribution < -0.4 is 10.2 Å². The smallest absolute Gasteiger partial charge is 0.322 e. The number of benzene rings is 1. The fourth-order valence-corrected chi connectivity index (χ4v) is 4.40. The van der Waals surface area contributed by atoms with Crippen molar-refractivity contribution in [1.29, 1.82) is 0 Å². The molecule has 2 aliphatic heterocycles. The van der Waals surface area contributed by atoms with Gasteiger partial charge in [-0.25, -0.2) is 4.79 Å². The predicted octanol–water partition coefficient (Wildman–Crippen LogP) is 3.64. The second-order valence-electron chi connectivity index (χ2n) is 7.20. The van der Waals surface area contributed by atoms with Crippen molar-refractivity contribution in [1.82, 2.24) is 4.90 Å². The van der Waals surface area contributed by atoms with Gasteiger partial charge in [0.25, 0.3) is 0 Å². The second-order valence-corrected chi connectivity index (χ2v) is 7.60. The predicted molar refractivity (Wildman–Crippen MR) is 101 cm³/mol. The van der Waals surface area contributed by atoms with Crippen LogP contribution in [0, 0.1) is 0 Å². The number of carbonyl (C=O) groups is 2. The molecule has 140 valence electrons. The van der Waals surface area contributed by atoms with E-state index >= 15 is 0 Å². The minimum absolute atomic E-state index is 0.114. The van der Waals surface area contributed by atoms with Crippen LogP contribution in [0.4, 0.5) is 16.2 Å². The Morgan fingerprint density at radius 3 is 2.85 bits per heavy atom. The maximum atomic E-state index is 12.9. The molecule has 0 spiro atoms. The molecule has 1 aromatic rings. The summed E-state index contributed by atoms with van der Waals surface area (Å²) in [5, 5.41) is 3.43. The average Bonchev–Trinajstić information content (AvgIpc) is 3.09. The SMILES string of the molecule is O=C1CCCN1c1ccc(Cl)c(NC(=O)N2CCO[C@H]3CCCC[C@@H]32)c1. The molecule has 1 aliphatic carbocycles. The summed E-state index contributed by atoms with van der Waals surface area (Å²) in [6.07, 6.45) is 5.86. The molecule has 3 fully saturated rings. The number of carbonyl (C=O) groups excluding carboxylic acids is 2. The Bertz CT molecular complexity index is 709. The van der Waals surface area contributed by atoms with Crippen molar-refractivity contribution >= 4 is 34.9 Å². The van der Waals surface area contributed by atoms with Gasteiger partial charge < -0.3 is 19.9 Å². The van der Waals surface area contributed by atoms with Crippen molar-refractivity contribution < 1.29 is 14.3 Å². The number of amides is 3. The van der Waals surface area contributed by atoms with E-state index in [0.29, 0.717) is 36.8 Å². The zero-order chi connectivity index (χ0) is 18.1. The van der Waals surface area contributed by atoms with Gasteiger partial charge in [0.15, 0.2) is 0 Å². The van der Waals surface area contributed by atoms with Crippen molar-refractivity contribution in [2.75, 3.05) is 29.9 Å². The number of rotatable bonds is 2. The standard InChI is InChI=1S/C19H24ClN3O3/c20-14-8-7-13(22-9-3-6-18(22)24)12-15(14)21-19(25)23-10-11-26-17-5-2-1-4-16(17)23/h7-8,12,16-17H,1-6,9-11H2,(H,21,25)/t16-,17-/m0/s1. The number of morpholine rings is 1. The molecule has 0 radical (unpaired) electrons. The highest BCUT2D eigenvalue weighted by Crippen LogP contribution is 2.32. The minimum Gasteiger partial charge on any atom is -0.374 e. The molecule has 2 heterocycles. The Labute approximate surface area is 158 Å². The van der Waals surface area contributed by atoms with Crippen molar-refractivity contribution in [3.63, 3.8) is 0 Å². The Balaban J connectivity index is 1.51. The van der Waals surface area contributed by atoms with Gasteiger partial charge in [0.1, 0.15) is 0 Å². The van der Waals surface area contributed by atoms with Gasteiger partial charge in [-0.1, -0.05) is 24.4 Å². The van der Waals surface area contributed by atoms with Gasteiger partial charge in [0.05, 0.1) is 29.5 Å². The average molecular weight is 378 g/mol. The third-order valence-electron chi connectivity index (χ3n) is 5.57. The number of nitrogens with zero attached hydrogens (tertiary/aromatic N) is 2. The molecule has 0 bridgehead atoms. The van der Waals surface area contributed by atoms with E-state index < -0.39 is 0 Å². The summed E-state index contributed by atoms with van der Waals surface area (Å²) in [5.41, 5.74) is 1.33. The van der Waals surface area contributed by atoms with Gasteiger partial charge in [0, 0.05) is 25.2 Å². The highest BCUT2D eigenvalue weighted by molar-refractivity contribution is 6.33. The largest absolute Gasteiger partial charge is 0.374 e. The lowest BCUT2D eigenvalue weighted by Gasteiger charge is -2.43. The van der Waals surface area contributed by atoms with E-state index in [2.05, 4.69) is 5.32 Å². The van der Waals surface area contributed by atoms with Crippen LogP contribution in [-0.4, -0.2) is 48.7 Å². The zero-order valence-electron chi connectivity index (χ0n) is 14.7. The summed E-state index contributed by atoms with van der Waals surface area (Å²) in [7, 11) is 0. The minimum atomic E-state index is -0.142. The molecule has 6 nitrogen and oxygen atoms in total. The van der Waals surface area contributed by atoms with Gasteiger partial charge in [-0.3, -0.25) is 4.79 Å². The molecule has 3 aliphatic rings. The van der Waals surface area contributed by atoms with Crippen LogP contribution in [0.5, 0.6) is 0 Å². The first-order valence-electron chi connectivity index (χ1n) is 9.42. The first kappa shape index (κ1) is 17.6. The third kappa shape index (κ3) is 3.40. The van der Waals surface area contributed by atoms with Crippen molar-refractivity contribution in [3.8, 4) is 0 Å². The van der Waals surface area contributed by atoms with Crippen molar-refractivity contribution in [2.24, 2.45) is 0 Å². The lowest BCUT2D eigenvalue weighted by molar-refractivity contribution is -0.117. The molecule has 0 aromatic heterocycles. The zero-order valence-corrected chi connectivity index (χ0v) is 15.5. The van der Waals surface area contributed by atoms with Crippen LogP contribution in [0.25, 0.3) is 0 Å². The maximum Gasteiger partial charge on any atom is 0.322 e. The molecule has 2 saturated heterocycles. The summed E-state index contributed by atoms with van der Waals surface area (Å²) in [4.78, 5) is 28.5. The number of nitrogens with one attached hydrogen (secondary N) is 1. The Morgan fingerprint density at radius 2 is 2.04 bits per heavy atom. The number of fused-ring (bicyclic) bond motifs is 1. The van der Waals surface area contributed by atoms with Gasteiger partial charge in [-0.15, -0.1) is 0 Å². The summed E-state index contributed by atoms with van der Waals surface area (Å²) >= 11 is 6.30. The van der Waals surface area contributed by atoms with Crippen molar-refractivity contribution in [2.45, 2.75) is 50.7 Å². The fraction of sp³-hybridized carbons (Fsp3) is 0.579. The molecular formula is C19H24ClN3O3. The number of anilines is 2. The molecule has 0 unspecified atom stereocenters. The van der Waals surface area contributed by atoms with Crippen LogP contribution in [0.15, 0.2) is 18.2 Å². The van der Waals surface area contributed by atoms with Crippen LogP contribution >= 0.6 is 11.6 Å². The fourth-order valence-electron chi connectivity index (χ4n) is 4.23. The first-order valence-corrected chi connectivity index (χ1v) is 9.80. The number of ether oxygens (including phenoxy) is 1. The maximum absolute atomic E-state index is 12.9. The summed E-state index contributed by atoms with van der Waals surface area (Å²) in [6, 6.07) is 5.35. The van der Waals surface area contributed by atoms with E-state index in [9.17, 15) is 9.59 Å². The van der Waals surface area contributed by atoms with E-state index in [1.54, 1.807) is 17.0 Å². The first-order chi connectivity index (χ1) is 12.6. The van der Waals surface area contributed by atoms with Crippen LogP contribution in [0.3, 0.4) is 0 Å². The number of hydrogen-bond donors (Lipinski definition) is 1. The molecule has 26 heavy (non-hydrogen) atoms. The number of hydrogen-bond acceptors (Lipinski definition) is 3. The summed E-state index contributed by atoms with van der Waals surface area (Å²) < 4.78 is 5.84. The quantitative estimate of drug-likeness (QED) is 0.855. The van der Waals surface area contributed by atoms with Gasteiger partial charge in [-0.05, 0) is 37.5 Å². The normalized spacial score (nSPS) is 26.0. The molecule has 1 aromatic carbocycles. The van der Waals surface area contributed by atoms with E-state index in [-0.39, 0.29) is 24.1 Å². The summed E-state index contributed by atoms with van der Waals surface area (Å²) in [5.74, 6) is 0.114. The summed E-state index contributed by atoms with van der Waals surface area (Å²) in [6.45, 7) is 1.88. The van der Waals surface area contributed by atoms with E-state index in [4.69, 9.17) is 16.3 Å². The van der Waals surface area contributed by atoms with Crippen LogP contribution in [0.1, 0.15) is 38.5 Å². The lowest BCUT2D eigenvalue weighted by atomic mass is 9.90. The highest BCUT2D eigenvalue weighted by atomic mass is 35.5. The van der Waals surface area contributed by atoms with Gasteiger partial charge in [0.2, 0.25) is 5.91 Å². The number of urea groups is 1. The van der Waals surface area contributed by atoms with Gasteiger partial charge in [-0.2, -0.15) is 0 Å². The molecule has 3 amide bonds. The molecule has 1 saturated carbocycles. The molecule has 1 N–H and O–H groups in total. The Kier molecular flexibility index (Phi) is 5.05. The van der Waals surface area contributed by atoms with Crippen LogP contribution in [-0.2, 0) is 9.53 Å². The Hall–Kier alpha value is -1.79. The topological polar surface area (TPSA) is 61.9 Å². The van der Waals surface area contributed by atoms with E-state index in [1.807, 2.05) is 11.0 Å².